The first-order chi connectivity index (χ1) is 19.3. The third kappa shape index (κ3) is 6.81. The Labute approximate surface area is 231 Å². The molecule has 0 heterocycles. The molecule has 0 spiro atoms. The molecular formula is C30H27O9P. The van der Waals surface area contributed by atoms with Gasteiger partial charge in [0.25, 0.3) is 0 Å². The van der Waals surface area contributed by atoms with Crippen molar-refractivity contribution in [3.8, 4) is 23.0 Å². The Balaban J connectivity index is 1.84. The summed E-state index contributed by atoms with van der Waals surface area (Å²) in [4.78, 5) is 25.8. The summed E-state index contributed by atoms with van der Waals surface area (Å²) in [6.07, 6.45) is 0.714. The second kappa shape index (κ2) is 12.9. The third-order valence-electron chi connectivity index (χ3n) is 5.78. The Morgan fingerprint density at radius 2 is 1.15 bits per heavy atom. The summed E-state index contributed by atoms with van der Waals surface area (Å²) >= 11 is 0. The highest BCUT2D eigenvalue weighted by atomic mass is 31.2. The maximum atomic E-state index is 14.1. The standard InChI is InChI=1S/C30H27O9P/c1-35-29(32)26-25(20-22(28(31)27(26)30(33)36-2)19-18-21-12-6-3-7-13-21)39-40(34,37-23-14-8-4-9-15-23)38-24-16-10-5-11-17-24/h3-17,20,31H,18-19H2,1-2H3. The van der Waals surface area contributed by atoms with Gasteiger partial charge in [-0.2, -0.15) is 4.57 Å². The Hall–Kier alpha value is -4.75. The van der Waals surface area contributed by atoms with E-state index >= 15 is 0 Å². The smallest absolute Gasteiger partial charge is 0.507 e. The van der Waals surface area contributed by atoms with E-state index < -0.39 is 36.6 Å². The minimum atomic E-state index is -4.57. The maximum absolute atomic E-state index is 14.1. The lowest BCUT2D eigenvalue weighted by molar-refractivity contribution is 0.0549. The molecule has 40 heavy (non-hydrogen) atoms. The average molecular weight is 563 g/mol. The van der Waals surface area contributed by atoms with Gasteiger partial charge in [0.05, 0.1) is 14.2 Å². The number of phenolic OH excluding ortho intramolecular Hbond substituents is 1. The van der Waals surface area contributed by atoms with Crippen molar-refractivity contribution in [1.29, 1.82) is 0 Å². The van der Waals surface area contributed by atoms with Gasteiger partial charge in [0.2, 0.25) is 0 Å². The van der Waals surface area contributed by atoms with Crippen LogP contribution in [0, 0.1) is 0 Å². The summed E-state index contributed by atoms with van der Waals surface area (Å²) in [7, 11) is -2.38. The van der Waals surface area contributed by atoms with Crippen LogP contribution in [0.25, 0.3) is 0 Å². The number of hydrogen-bond donors (Lipinski definition) is 1. The zero-order valence-electron chi connectivity index (χ0n) is 21.8. The van der Waals surface area contributed by atoms with E-state index in [1.54, 1.807) is 60.7 Å². The van der Waals surface area contributed by atoms with Crippen molar-refractivity contribution in [1.82, 2.24) is 0 Å². The molecule has 0 fully saturated rings. The summed E-state index contributed by atoms with van der Waals surface area (Å²) in [6, 6.07) is 27.1. The second-order valence-electron chi connectivity index (χ2n) is 8.45. The Kier molecular flexibility index (Phi) is 9.09. The molecule has 9 nitrogen and oxygen atoms in total. The quantitative estimate of drug-likeness (QED) is 0.164. The molecule has 0 saturated heterocycles. The number of carbonyl (C=O) groups is 2. The van der Waals surface area contributed by atoms with E-state index in [2.05, 4.69) is 0 Å². The number of phenols is 1. The van der Waals surface area contributed by atoms with Crippen molar-refractivity contribution in [2.75, 3.05) is 14.2 Å². The molecule has 0 aliphatic carbocycles. The Morgan fingerprint density at radius 3 is 1.65 bits per heavy atom. The molecule has 0 unspecified atom stereocenters. The summed E-state index contributed by atoms with van der Waals surface area (Å²) < 4.78 is 41.1. The zero-order valence-corrected chi connectivity index (χ0v) is 22.7. The number of benzene rings is 4. The number of phosphoric acid groups is 1. The van der Waals surface area contributed by atoms with Gasteiger partial charge in [0.15, 0.2) is 0 Å². The molecule has 0 aromatic heterocycles. The van der Waals surface area contributed by atoms with Crippen molar-refractivity contribution in [3.63, 3.8) is 0 Å². The number of para-hydroxylation sites is 2. The van der Waals surface area contributed by atoms with Crippen LogP contribution < -0.4 is 13.6 Å². The first kappa shape index (κ1) is 28.3. The predicted molar refractivity (Wildman–Crippen MR) is 147 cm³/mol. The van der Waals surface area contributed by atoms with Crippen LogP contribution in [-0.4, -0.2) is 31.3 Å². The highest BCUT2D eigenvalue weighted by Gasteiger charge is 2.38. The van der Waals surface area contributed by atoms with Crippen LogP contribution in [-0.2, 0) is 26.9 Å². The number of rotatable bonds is 11. The average Bonchev–Trinajstić information content (AvgIpc) is 2.97. The van der Waals surface area contributed by atoms with Gasteiger partial charge < -0.3 is 28.2 Å². The lowest BCUT2D eigenvalue weighted by Crippen LogP contribution is -2.17. The topological polar surface area (TPSA) is 118 Å². The molecule has 1 N–H and O–H groups in total. The minimum absolute atomic E-state index is 0.164. The molecule has 0 aliphatic rings. The largest absolute Gasteiger partial charge is 0.647 e. The molecule has 206 valence electrons. The number of hydrogen-bond acceptors (Lipinski definition) is 9. The third-order valence-corrected chi connectivity index (χ3v) is 7.07. The van der Waals surface area contributed by atoms with Crippen LogP contribution in [0.4, 0.5) is 0 Å². The predicted octanol–water partition coefficient (Wildman–Crippen LogP) is 6.40. The zero-order chi connectivity index (χ0) is 28.5. The van der Waals surface area contributed by atoms with Crippen molar-refractivity contribution < 1.29 is 42.3 Å². The molecule has 0 aliphatic heterocycles. The normalized spacial score (nSPS) is 10.8. The maximum Gasteiger partial charge on any atom is 0.647 e. The second-order valence-corrected chi connectivity index (χ2v) is 9.89. The number of esters is 2. The van der Waals surface area contributed by atoms with Gasteiger partial charge in [-0.15, -0.1) is 0 Å². The Bertz CT molecular complexity index is 1460. The Morgan fingerprint density at radius 1 is 0.675 bits per heavy atom. The van der Waals surface area contributed by atoms with Crippen molar-refractivity contribution >= 4 is 19.8 Å². The van der Waals surface area contributed by atoms with Crippen LogP contribution in [0.5, 0.6) is 23.0 Å². The fraction of sp³-hybridized carbons (Fsp3) is 0.133. The van der Waals surface area contributed by atoms with Crippen molar-refractivity contribution in [3.05, 3.63) is 119 Å². The minimum Gasteiger partial charge on any atom is -0.507 e. The number of aryl methyl sites for hydroxylation is 2. The lowest BCUT2D eigenvalue weighted by Gasteiger charge is -2.22. The molecular weight excluding hydrogens is 535 g/mol. The highest BCUT2D eigenvalue weighted by molar-refractivity contribution is 7.49. The number of phosphoric ester groups is 1. The summed E-state index contributed by atoms with van der Waals surface area (Å²) in [6.45, 7) is 0. The fourth-order valence-electron chi connectivity index (χ4n) is 3.89. The van der Waals surface area contributed by atoms with E-state index in [1.165, 1.54) is 6.07 Å². The molecule has 0 radical (unpaired) electrons. The number of carbonyl (C=O) groups excluding carboxylic acids is 2. The van der Waals surface area contributed by atoms with Crippen LogP contribution in [0.1, 0.15) is 31.8 Å². The highest BCUT2D eigenvalue weighted by Crippen LogP contribution is 2.51. The van der Waals surface area contributed by atoms with Gasteiger partial charge in [0, 0.05) is 0 Å². The van der Waals surface area contributed by atoms with Gasteiger partial charge in [-0.1, -0.05) is 66.7 Å². The van der Waals surface area contributed by atoms with E-state index in [4.69, 9.17) is 23.0 Å². The van der Waals surface area contributed by atoms with Crippen molar-refractivity contribution in [2.45, 2.75) is 12.8 Å². The van der Waals surface area contributed by atoms with Gasteiger partial charge in [-0.05, 0) is 54.3 Å². The van der Waals surface area contributed by atoms with Crippen LogP contribution >= 0.6 is 7.82 Å². The van der Waals surface area contributed by atoms with E-state index in [0.717, 1.165) is 19.8 Å². The van der Waals surface area contributed by atoms with Gasteiger partial charge in [-0.3, -0.25) is 0 Å². The first-order valence-electron chi connectivity index (χ1n) is 12.2. The molecule has 10 heteroatoms. The van der Waals surface area contributed by atoms with Crippen LogP contribution in [0.15, 0.2) is 97.1 Å². The molecule has 0 saturated carbocycles. The van der Waals surface area contributed by atoms with E-state index in [-0.39, 0.29) is 29.2 Å². The molecule has 0 amide bonds. The summed E-state index contributed by atoms with van der Waals surface area (Å²) in [5, 5.41) is 11.1. The van der Waals surface area contributed by atoms with E-state index in [9.17, 15) is 19.3 Å². The van der Waals surface area contributed by atoms with Gasteiger partial charge >= 0.3 is 19.8 Å². The van der Waals surface area contributed by atoms with Crippen molar-refractivity contribution in [2.24, 2.45) is 0 Å². The van der Waals surface area contributed by atoms with Crippen LogP contribution in [0.3, 0.4) is 0 Å². The monoisotopic (exact) mass is 562 g/mol. The molecule has 0 atom stereocenters. The first-order valence-corrected chi connectivity index (χ1v) is 13.7. The molecule has 4 aromatic rings. The van der Waals surface area contributed by atoms with Crippen LogP contribution in [0.2, 0.25) is 0 Å². The fourth-order valence-corrected chi connectivity index (χ4v) is 5.15. The summed E-state index contributed by atoms with van der Waals surface area (Å²) in [5.74, 6) is -2.57. The van der Waals surface area contributed by atoms with Gasteiger partial charge in [0.1, 0.15) is 34.1 Å². The van der Waals surface area contributed by atoms with E-state index in [0.29, 0.717) is 6.42 Å². The number of aromatic hydroxyl groups is 1. The van der Waals surface area contributed by atoms with Gasteiger partial charge in [-0.25, -0.2) is 9.59 Å². The molecule has 0 bridgehead atoms. The number of ether oxygens (including phenoxy) is 2. The summed E-state index contributed by atoms with van der Waals surface area (Å²) in [5.41, 5.74) is 0.203. The number of methoxy groups -OCH3 is 2. The molecule has 4 rings (SSSR count). The molecule has 4 aromatic carbocycles. The SMILES string of the molecule is COC(=O)c1c(OP(=O)(Oc2ccccc2)Oc2ccccc2)cc(CCc2ccccc2)c(O)c1C(=O)OC. The van der Waals surface area contributed by atoms with E-state index in [1.807, 2.05) is 30.3 Å². The lowest BCUT2D eigenvalue weighted by atomic mass is 9.96.